The topological polar surface area (TPSA) is 64.3 Å². The summed E-state index contributed by atoms with van der Waals surface area (Å²) in [6.45, 7) is 4.26. The maximum atomic E-state index is 12.0. The first-order valence-electron chi connectivity index (χ1n) is 7.47. The van der Waals surface area contributed by atoms with E-state index in [1.54, 1.807) is 24.3 Å². The second-order valence-electron chi connectivity index (χ2n) is 5.31. The van der Waals surface area contributed by atoms with Gasteiger partial charge >= 0.3 is 0 Å². The van der Waals surface area contributed by atoms with Crippen molar-refractivity contribution in [2.24, 2.45) is 0 Å². The molecule has 4 nitrogen and oxygen atoms in total. The summed E-state index contributed by atoms with van der Waals surface area (Å²) in [6.07, 6.45) is 1.02. The Balaban J connectivity index is 1.97. The molecule has 0 unspecified atom stereocenters. The van der Waals surface area contributed by atoms with Crippen LogP contribution in [0.4, 0.5) is 11.4 Å². The van der Waals surface area contributed by atoms with Gasteiger partial charge in [0.25, 0.3) is 5.91 Å². The van der Waals surface area contributed by atoms with Gasteiger partial charge in [0, 0.05) is 11.4 Å². The van der Waals surface area contributed by atoms with E-state index < -0.39 is 0 Å². The van der Waals surface area contributed by atoms with Gasteiger partial charge in [-0.05, 0) is 42.2 Å². The van der Waals surface area contributed by atoms with Gasteiger partial charge in [0.05, 0.1) is 0 Å². The largest absolute Gasteiger partial charge is 0.483 e. The van der Waals surface area contributed by atoms with Crippen molar-refractivity contribution < 1.29 is 9.53 Å². The van der Waals surface area contributed by atoms with E-state index in [1.807, 2.05) is 24.3 Å². The molecule has 1 amide bonds. The molecule has 0 saturated carbocycles. The minimum absolute atomic E-state index is 0.0255. The number of benzene rings is 2. The Hall–Kier alpha value is -2.49. The molecule has 116 valence electrons. The lowest BCUT2D eigenvalue weighted by Gasteiger charge is -2.15. The standard InChI is InChI=1S/C18H22N2O2/c1-3-13(2)16-9-4-5-10-17(16)22-12-18(21)20-15-8-6-7-14(19)11-15/h4-11,13H,3,12,19H2,1-2H3,(H,20,21)/t13-/m0/s1. The summed E-state index contributed by atoms with van der Waals surface area (Å²) in [5.41, 5.74) is 8.09. The van der Waals surface area contributed by atoms with Crippen LogP contribution in [-0.4, -0.2) is 12.5 Å². The van der Waals surface area contributed by atoms with Crippen LogP contribution in [0.15, 0.2) is 48.5 Å². The van der Waals surface area contributed by atoms with Gasteiger partial charge in [-0.1, -0.05) is 38.1 Å². The first kappa shape index (κ1) is 15.9. The van der Waals surface area contributed by atoms with Gasteiger partial charge in [0.15, 0.2) is 6.61 Å². The van der Waals surface area contributed by atoms with Crippen molar-refractivity contribution in [3.8, 4) is 5.75 Å². The molecule has 0 aliphatic carbocycles. The molecule has 0 aromatic heterocycles. The molecule has 0 bridgehead atoms. The fraction of sp³-hybridized carbons (Fsp3) is 0.278. The molecule has 0 radical (unpaired) electrons. The van der Waals surface area contributed by atoms with Crippen LogP contribution >= 0.6 is 0 Å². The van der Waals surface area contributed by atoms with Crippen molar-refractivity contribution in [2.75, 3.05) is 17.7 Å². The van der Waals surface area contributed by atoms with Gasteiger partial charge in [-0.25, -0.2) is 0 Å². The summed E-state index contributed by atoms with van der Waals surface area (Å²) in [4.78, 5) is 12.0. The quantitative estimate of drug-likeness (QED) is 0.797. The van der Waals surface area contributed by atoms with Crippen LogP contribution in [0.1, 0.15) is 31.7 Å². The molecule has 0 fully saturated rings. The van der Waals surface area contributed by atoms with E-state index in [4.69, 9.17) is 10.5 Å². The van der Waals surface area contributed by atoms with Crippen molar-refractivity contribution in [1.29, 1.82) is 0 Å². The fourth-order valence-corrected chi connectivity index (χ4v) is 2.20. The molecule has 2 aromatic rings. The van der Waals surface area contributed by atoms with Gasteiger partial charge < -0.3 is 15.8 Å². The Morgan fingerprint density at radius 3 is 2.73 bits per heavy atom. The van der Waals surface area contributed by atoms with E-state index >= 15 is 0 Å². The zero-order chi connectivity index (χ0) is 15.9. The average Bonchev–Trinajstić information content (AvgIpc) is 2.52. The maximum absolute atomic E-state index is 12.0. The van der Waals surface area contributed by atoms with Crippen molar-refractivity contribution >= 4 is 17.3 Å². The van der Waals surface area contributed by atoms with Crippen LogP contribution < -0.4 is 15.8 Å². The van der Waals surface area contributed by atoms with Crippen LogP contribution in [0.25, 0.3) is 0 Å². The molecule has 2 rings (SSSR count). The lowest BCUT2D eigenvalue weighted by molar-refractivity contribution is -0.118. The number of hydrogen-bond donors (Lipinski definition) is 2. The summed E-state index contributed by atoms with van der Waals surface area (Å²) in [7, 11) is 0. The molecule has 1 atom stereocenters. The van der Waals surface area contributed by atoms with Crippen LogP contribution in [0, 0.1) is 0 Å². The third kappa shape index (κ3) is 4.25. The van der Waals surface area contributed by atoms with Crippen molar-refractivity contribution in [2.45, 2.75) is 26.2 Å². The second-order valence-corrected chi connectivity index (χ2v) is 5.31. The number of hydrogen-bond acceptors (Lipinski definition) is 3. The minimum Gasteiger partial charge on any atom is -0.483 e. The molecule has 2 aromatic carbocycles. The highest BCUT2D eigenvalue weighted by atomic mass is 16.5. The normalized spacial score (nSPS) is 11.7. The number of nitrogens with one attached hydrogen (secondary N) is 1. The highest BCUT2D eigenvalue weighted by molar-refractivity contribution is 5.92. The summed E-state index contributed by atoms with van der Waals surface area (Å²) in [5, 5.41) is 2.77. The minimum atomic E-state index is -0.204. The van der Waals surface area contributed by atoms with Gasteiger partial charge in [-0.2, -0.15) is 0 Å². The summed E-state index contributed by atoms with van der Waals surface area (Å²) >= 11 is 0. The lowest BCUT2D eigenvalue weighted by Crippen LogP contribution is -2.20. The van der Waals surface area contributed by atoms with E-state index in [9.17, 15) is 4.79 Å². The summed E-state index contributed by atoms with van der Waals surface area (Å²) < 4.78 is 5.68. The lowest BCUT2D eigenvalue weighted by atomic mass is 9.98. The first-order valence-corrected chi connectivity index (χ1v) is 7.47. The SMILES string of the molecule is CC[C@H](C)c1ccccc1OCC(=O)Nc1cccc(N)c1. The molecule has 4 heteroatoms. The van der Waals surface area contributed by atoms with Crippen molar-refractivity contribution in [3.05, 3.63) is 54.1 Å². The van der Waals surface area contributed by atoms with E-state index in [0.717, 1.165) is 17.7 Å². The molecular weight excluding hydrogens is 276 g/mol. The van der Waals surface area contributed by atoms with Gasteiger partial charge in [0.1, 0.15) is 5.75 Å². The predicted octanol–water partition coefficient (Wildman–Crippen LogP) is 3.80. The molecule has 0 saturated heterocycles. The maximum Gasteiger partial charge on any atom is 0.262 e. The Labute approximate surface area is 131 Å². The monoisotopic (exact) mass is 298 g/mol. The molecule has 0 aliphatic rings. The number of nitrogen functional groups attached to an aromatic ring is 1. The highest BCUT2D eigenvalue weighted by Crippen LogP contribution is 2.28. The van der Waals surface area contributed by atoms with Crippen LogP contribution in [0.5, 0.6) is 5.75 Å². The van der Waals surface area contributed by atoms with Gasteiger partial charge in [-0.15, -0.1) is 0 Å². The van der Waals surface area contributed by atoms with E-state index in [2.05, 4.69) is 19.2 Å². The third-order valence-corrected chi connectivity index (χ3v) is 3.59. The van der Waals surface area contributed by atoms with Crippen molar-refractivity contribution in [1.82, 2.24) is 0 Å². The molecular formula is C18H22N2O2. The molecule has 22 heavy (non-hydrogen) atoms. The van der Waals surface area contributed by atoms with Crippen LogP contribution in [0.2, 0.25) is 0 Å². The number of carbonyl (C=O) groups is 1. The van der Waals surface area contributed by atoms with Gasteiger partial charge in [0.2, 0.25) is 0 Å². The fourth-order valence-electron chi connectivity index (χ4n) is 2.20. The highest BCUT2D eigenvalue weighted by Gasteiger charge is 2.11. The predicted molar refractivity (Wildman–Crippen MR) is 90.1 cm³/mol. The Kier molecular flexibility index (Phi) is 5.42. The van der Waals surface area contributed by atoms with E-state index in [1.165, 1.54) is 0 Å². The molecule has 3 N–H and O–H groups in total. The Morgan fingerprint density at radius 2 is 2.00 bits per heavy atom. The van der Waals surface area contributed by atoms with Crippen LogP contribution in [0.3, 0.4) is 0 Å². The number of nitrogens with two attached hydrogens (primary N) is 1. The van der Waals surface area contributed by atoms with Crippen LogP contribution in [-0.2, 0) is 4.79 Å². The number of amides is 1. The Bertz CT molecular complexity index is 640. The van der Waals surface area contributed by atoms with E-state index in [-0.39, 0.29) is 12.5 Å². The first-order chi connectivity index (χ1) is 10.6. The second kappa shape index (κ2) is 7.50. The molecule has 0 spiro atoms. The average molecular weight is 298 g/mol. The summed E-state index contributed by atoms with van der Waals surface area (Å²) in [5.74, 6) is 0.956. The third-order valence-electron chi connectivity index (χ3n) is 3.59. The Morgan fingerprint density at radius 1 is 1.23 bits per heavy atom. The zero-order valence-corrected chi connectivity index (χ0v) is 13.0. The number of para-hydroxylation sites is 1. The van der Waals surface area contributed by atoms with Gasteiger partial charge in [-0.3, -0.25) is 4.79 Å². The number of anilines is 2. The summed E-state index contributed by atoms with van der Waals surface area (Å²) in [6, 6.07) is 14.9. The number of carbonyl (C=O) groups excluding carboxylic acids is 1. The zero-order valence-electron chi connectivity index (χ0n) is 13.0. The molecule has 0 heterocycles. The van der Waals surface area contributed by atoms with E-state index in [0.29, 0.717) is 17.3 Å². The number of ether oxygens (including phenoxy) is 1. The smallest absolute Gasteiger partial charge is 0.262 e. The molecule has 0 aliphatic heterocycles. The number of rotatable bonds is 6. The van der Waals surface area contributed by atoms with Crippen molar-refractivity contribution in [3.63, 3.8) is 0 Å².